The molecule has 0 bridgehead atoms. The summed E-state index contributed by atoms with van der Waals surface area (Å²) in [6, 6.07) is 3.28. The highest BCUT2D eigenvalue weighted by atomic mass is 32.2. The first-order valence-electron chi connectivity index (χ1n) is 5.43. The van der Waals surface area contributed by atoms with Crippen LogP contribution in [0.25, 0.3) is 0 Å². The monoisotopic (exact) mass is 305 g/mol. The third-order valence-electron chi connectivity index (χ3n) is 2.50. The van der Waals surface area contributed by atoms with Gasteiger partial charge in [-0.25, -0.2) is 18.1 Å². The van der Waals surface area contributed by atoms with Gasteiger partial charge in [-0.2, -0.15) is 13.2 Å². The van der Waals surface area contributed by atoms with Crippen LogP contribution in [0.15, 0.2) is 41.7 Å². The van der Waals surface area contributed by atoms with Gasteiger partial charge in [0.1, 0.15) is 0 Å². The van der Waals surface area contributed by atoms with Crippen molar-refractivity contribution in [3.05, 3.63) is 48.0 Å². The van der Waals surface area contributed by atoms with Crippen LogP contribution in [0, 0.1) is 0 Å². The lowest BCUT2D eigenvalue weighted by atomic mass is 10.2. The lowest BCUT2D eigenvalue weighted by molar-refractivity contribution is -0.137. The Morgan fingerprint density at radius 2 is 1.85 bits per heavy atom. The molecule has 0 unspecified atom stereocenters. The minimum absolute atomic E-state index is 0.0244. The topological polar surface area (TPSA) is 74.8 Å². The molecule has 0 atom stereocenters. The molecule has 5 nitrogen and oxygen atoms in total. The Morgan fingerprint density at radius 1 is 1.20 bits per heavy atom. The van der Waals surface area contributed by atoms with Gasteiger partial charge in [-0.05, 0) is 24.3 Å². The van der Waals surface area contributed by atoms with Crippen molar-refractivity contribution in [3.63, 3.8) is 0 Å². The second kappa shape index (κ2) is 5.25. The second-order valence-corrected chi connectivity index (χ2v) is 5.69. The van der Waals surface area contributed by atoms with E-state index in [-0.39, 0.29) is 11.4 Å². The van der Waals surface area contributed by atoms with Gasteiger partial charge in [0, 0.05) is 11.9 Å². The summed E-state index contributed by atoms with van der Waals surface area (Å²) in [7, 11) is -3.86. The second-order valence-electron chi connectivity index (χ2n) is 3.92. The number of nitrogens with one attached hydrogen (secondary N) is 2. The molecule has 2 N–H and O–H groups in total. The Hall–Kier alpha value is -1.87. The Balaban J connectivity index is 2.13. The van der Waals surface area contributed by atoms with E-state index in [0.717, 1.165) is 24.3 Å². The summed E-state index contributed by atoms with van der Waals surface area (Å²) in [5.74, 6) is 0. The van der Waals surface area contributed by atoms with Crippen molar-refractivity contribution in [3.8, 4) is 0 Å². The number of rotatable bonds is 4. The van der Waals surface area contributed by atoms with Gasteiger partial charge in [0.25, 0.3) is 0 Å². The van der Waals surface area contributed by atoms with Crippen LogP contribution in [0.5, 0.6) is 0 Å². The molecule has 0 amide bonds. The number of imidazole rings is 1. The van der Waals surface area contributed by atoms with Crippen molar-refractivity contribution in [2.75, 3.05) is 0 Å². The first-order chi connectivity index (χ1) is 9.29. The van der Waals surface area contributed by atoms with Crippen LogP contribution < -0.4 is 4.72 Å². The van der Waals surface area contributed by atoms with E-state index < -0.39 is 21.8 Å². The van der Waals surface area contributed by atoms with Crippen LogP contribution in [0.2, 0.25) is 0 Å². The van der Waals surface area contributed by atoms with E-state index in [1.165, 1.54) is 12.5 Å². The summed E-state index contributed by atoms with van der Waals surface area (Å²) < 4.78 is 63.1. The van der Waals surface area contributed by atoms with Crippen LogP contribution >= 0.6 is 0 Å². The average molecular weight is 305 g/mol. The van der Waals surface area contributed by atoms with E-state index in [2.05, 4.69) is 14.7 Å². The van der Waals surface area contributed by atoms with E-state index in [1.807, 2.05) is 0 Å². The Labute approximate surface area is 112 Å². The number of aromatic nitrogens is 2. The van der Waals surface area contributed by atoms with Gasteiger partial charge in [-0.1, -0.05) is 0 Å². The van der Waals surface area contributed by atoms with Crippen molar-refractivity contribution in [2.24, 2.45) is 0 Å². The predicted molar refractivity (Wildman–Crippen MR) is 64.1 cm³/mol. The van der Waals surface area contributed by atoms with Crippen LogP contribution in [0.3, 0.4) is 0 Å². The molecule has 20 heavy (non-hydrogen) atoms. The maximum Gasteiger partial charge on any atom is 0.416 e. The van der Waals surface area contributed by atoms with Crippen LogP contribution in [0.4, 0.5) is 13.2 Å². The summed E-state index contributed by atoms with van der Waals surface area (Å²) in [4.78, 5) is 6.19. The summed E-state index contributed by atoms with van der Waals surface area (Å²) in [6.45, 7) is -0.0244. The Morgan fingerprint density at radius 3 is 2.35 bits per heavy atom. The summed E-state index contributed by atoms with van der Waals surface area (Å²) >= 11 is 0. The van der Waals surface area contributed by atoms with Crippen LogP contribution in [-0.4, -0.2) is 18.4 Å². The molecule has 1 heterocycles. The number of hydrogen-bond acceptors (Lipinski definition) is 3. The van der Waals surface area contributed by atoms with Gasteiger partial charge in [0.2, 0.25) is 10.0 Å². The van der Waals surface area contributed by atoms with Crippen molar-refractivity contribution >= 4 is 10.0 Å². The third kappa shape index (κ3) is 3.36. The number of halogens is 3. The largest absolute Gasteiger partial charge is 0.416 e. The molecule has 0 spiro atoms. The highest BCUT2D eigenvalue weighted by Gasteiger charge is 2.30. The number of hydrogen-bond donors (Lipinski definition) is 2. The van der Waals surface area contributed by atoms with E-state index in [0.29, 0.717) is 5.69 Å². The summed E-state index contributed by atoms with van der Waals surface area (Å²) in [6.07, 6.45) is -1.66. The SMILES string of the molecule is O=S(=O)(NCc1cnc[nH]1)c1ccc(C(F)(F)F)cc1. The van der Waals surface area contributed by atoms with Gasteiger partial charge >= 0.3 is 6.18 Å². The third-order valence-corrected chi connectivity index (χ3v) is 3.92. The maximum absolute atomic E-state index is 12.4. The van der Waals surface area contributed by atoms with Crippen molar-refractivity contribution in [1.82, 2.24) is 14.7 Å². The Bertz CT molecular complexity index is 664. The van der Waals surface area contributed by atoms with Gasteiger partial charge in [-0.3, -0.25) is 0 Å². The molecule has 1 aromatic heterocycles. The molecule has 0 saturated heterocycles. The predicted octanol–water partition coefficient (Wildman–Crippen LogP) is 1.91. The number of sulfonamides is 1. The average Bonchev–Trinajstić information content (AvgIpc) is 2.89. The normalized spacial score (nSPS) is 12.6. The van der Waals surface area contributed by atoms with Gasteiger partial charge in [0.15, 0.2) is 0 Å². The van der Waals surface area contributed by atoms with Gasteiger partial charge < -0.3 is 4.98 Å². The molecular weight excluding hydrogens is 295 g/mol. The van der Waals surface area contributed by atoms with Gasteiger partial charge in [-0.15, -0.1) is 0 Å². The lowest BCUT2D eigenvalue weighted by Gasteiger charge is -2.09. The summed E-state index contributed by atoms with van der Waals surface area (Å²) in [5.41, 5.74) is -0.356. The number of benzene rings is 1. The first kappa shape index (κ1) is 14.5. The molecule has 108 valence electrons. The molecule has 0 aliphatic carbocycles. The standard InChI is InChI=1S/C11H10F3N3O2S/c12-11(13,14)8-1-3-10(4-2-8)20(18,19)17-6-9-5-15-7-16-9/h1-5,7,17H,6H2,(H,15,16). The molecule has 0 aliphatic rings. The van der Waals surface area contributed by atoms with E-state index >= 15 is 0 Å². The number of H-pyrrole nitrogens is 1. The Kier molecular flexibility index (Phi) is 3.82. The van der Waals surface area contributed by atoms with Crippen molar-refractivity contribution in [1.29, 1.82) is 0 Å². The van der Waals surface area contributed by atoms with Crippen molar-refractivity contribution < 1.29 is 21.6 Å². The van der Waals surface area contributed by atoms with Crippen LogP contribution in [0.1, 0.15) is 11.3 Å². The van der Waals surface area contributed by atoms with E-state index in [4.69, 9.17) is 0 Å². The molecule has 2 rings (SSSR count). The van der Waals surface area contributed by atoms with Crippen molar-refractivity contribution in [2.45, 2.75) is 17.6 Å². The van der Waals surface area contributed by atoms with Crippen LogP contribution in [-0.2, 0) is 22.7 Å². The zero-order valence-electron chi connectivity index (χ0n) is 9.98. The maximum atomic E-state index is 12.4. The minimum atomic E-state index is -4.49. The smallest absolute Gasteiger partial charge is 0.347 e. The molecule has 0 radical (unpaired) electrons. The van der Waals surface area contributed by atoms with E-state index in [9.17, 15) is 21.6 Å². The number of nitrogens with zero attached hydrogens (tertiary/aromatic N) is 1. The lowest BCUT2D eigenvalue weighted by Crippen LogP contribution is -2.23. The molecule has 9 heteroatoms. The highest BCUT2D eigenvalue weighted by molar-refractivity contribution is 7.89. The fourth-order valence-electron chi connectivity index (χ4n) is 1.46. The highest BCUT2D eigenvalue weighted by Crippen LogP contribution is 2.29. The first-order valence-corrected chi connectivity index (χ1v) is 6.91. The molecule has 0 fully saturated rings. The number of aromatic amines is 1. The summed E-state index contributed by atoms with van der Waals surface area (Å²) in [5, 5.41) is 0. The van der Waals surface area contributed by atoms with E-state index in [1.54, 1.807) is 0 Å². The quantitative estimate of drug-likeness (QED) is 0.906. The molecule has 2 aromatic rings. The molecular formula is C11H10F3N3O2S. The minimum Gasteiger partial charge on any atom is -0.347 e. The zero-order chi connectivity index (χ0) is 14.8. The molecule has 0 saturated carbocycles. The van der Waals surface area contributed by atoms with Gasteiger partial charge in [0.05, 0.1) is 23.3 Å². The zero-order valence-corrected chi connectivity index (χ0v) is 10.8. The molecule has 1 aromatic carbocycles. The fraction of sp³-hybridized carbons (Fsp3) is 0.182. The molecule has 0 aliphatic heterocycles. The fourth-order valence-corrected chi connectivity index (χ4v) is 2.47. The number of alkyl halides is 3.